The highest BCUT2D eigenvalue weighted by Gasteiger charge is 2.04. The molecule has 114 valence electrons. The zero-order valence-electron chi connectivity index (χ0n) is 12.4. The Bertz CT molecular complexity index is 271. The van der Waals surface area contributed by atoms with E-state index in [0.29, 0.717) is 18.5 Å². The number of carbonyl (C=O) groups is 1. The Hall–Kier alpha value is -0.530. The molecule has 0 aromatic rings. The number of guanidine groups is 1. The quantitative estimate of drug-likeness (QED) is 0.291. The lowest BCUT2D eigenvalue weighted by Crippen LogP contribution is -2.38. The van der Waals surface area contributed by atoms with Gasteiger partial charge in [-0.1, -0.05) is 26.7 Å². The lowest BCUT2D eigenvalue weighted by molar-refractivity contribution is -0.140. The van der Waals surface area contributed by atoms with Crippen molar-refractivity contribution in [3.05, 3.63) is 0 Å². The Morgan fingerprint density at radius 1 is 1.32 bits per heavy atom. The summed E-state index contributed by atoms with van der Waals surface area (Å²) in [5.74, 6) is 0.871. The molecular weight excluding hydrogens is 357 g/mol. The van der Waals surface area contributed by atoms with E-state index in [1.165, 1.54) is 20.0 Å². The average molecular weight is 385 g/mol. The Morgan fingerprint density at radius 2 is 1.95 bits per heavy atom. The van der Waals surface area contributed by atoms with Crippen LogP contribution >= 0.6 is 24.0 Å². The van der Waals surface area contributed by atoms with Crippen molar-refractivity contribution in [1.29, 1.82) is 0 Å². The van der Waals surface area contributed by atoms with Gasteiger partial charge >= 0.3 is 5.97 Å². The highest BCUT2D eigenvalue weighted by atomic mass is 127. The minimum Gasteiger partial charge on any atom is -0.469 e. The fourth-order valence-corrected chi connectivity index (χ4v) is 1.57. The summed E-state index contributed by atoms with van der Waals surface area (Å²) < 4.78 is 4.52. The van der Waals surface area contributed by atoms with Crippen LogP contribution in [0.5, 0.6) is 0 Å². The number of nitrogens with two attached hydrogens (primary N) is 1. The summed E-state index contributed by atoms with van der Waals surface area (Å²) in [5, 5.41) is 3.12. The molecule has 3 N–H and O–H groups in total. The van der Waals surface area contributed by atoms with Gasteiger partial charge in [-0.3, -0.25) is 9.79 Å². The zero-order valence-corrected chi connectivity index (χ0v) is 14.8. The molecule has 1 atom stereocenters. The molecule has 0 aromatic carbocycles. The van der Waals surface area contributed by atoms with Crippen LogP contribution in [0.3, 0.4) is 0 Å². The van der Waals surface area contributed by atoms with Gasteiger partial charge in [-0.25, -0.2) is 0 Å². The normalized spacial score (nSPS) is 12.8. The second-order valence-corrected chi connectivity index (χ2v) is 4.96. The van der Waals surface area contributed by atoms with E-state index in [2.05, 4.69) is 35.8 Å². The number of hydrogen-bond donors (Lipinski definition) is 2. The van der Waals surface area contributed by atoms with E-state index in [0.717, 1.165) is 12.3 Å². The third-order valence-corrected chi connectivity index (χ3v) is 2.64. The highest BCUT2D eigenvalue weighted by Crippen LogP contribution is 2.07. The molecule has 0 aliphatic heterocycles. The zero-order chi connectivity index (χ0) is 14.0. The summed E-state index contributed by atoms with van der Waals surface area (Å²) in [4.78, 5) is 14.9. The molecule has 0 bridgehead atoms. The van der Waals surface area contributed by atoms with Crippen molar-refractivity contribution in [3.63, 3.8) is 0 Å². The van der Waals surface area contributed by atoms with E-state index in [4.69, 9.17) is 5.73 Å². The fourth-order valence-electron chi connectivity index (χ4n) is 1.57. The predicted octanol–water partition coefficient (Wildman–Crippen LogP) is 2.29. The van der Waals surface area contributed by atoms with Crippen LogP contribution in [0.2, 0.25) is 0 Å². The largest absolute Gasteiger partial charge is 0.469 e. The molecule has 19 heavy (non-hydrogen) atoms. The number of methoxy groups -OCH3 is 1. The van der Waals surface area contributed by atoms with Gasteiger partial charge < -0.3 is 15.8 Å². The summed E-state index contributed by atoms with van der Waals surface area (Å²) in [6, 6.07) is 0.311. The summed E-state index contributed by atoms with van der Waals surface area (Å²) in [7, 11) is 1.37. The van der Waals surface area contributed by atoms with Crippen molar-refractivity contribution in [2.24, 2.45) is 16.6 Å². The van der Waals surface area contributed by atoms with Crippen LogP contribution < -0.4 is 11.1 Å². The van der Waals surface area contributed by atoms with Gasteiger partial charge in [0.25, 0.3) is 0 Å². The van der Waals surface area contributed by atoms with E-state index in [1.807, 2.05) is 0 Å². The lowest BCUT2D eigenvalue weighted by Gasteiger charge is -2.14. The Labute approximate surface area is 133 Å². The molecule has 5 nitrogen and oxygen atoms in total. The van der Waals surface area contributed by atoms with Gasteiger partial charge in [0.05, 0.1) is 20.1 Å². The minimum atomic E-state index is -0.267. The van der Waals surface area contributed by atoms with Crippen LogP contribution in [-0.4, -0.2) is 31.6 Å². The fraction of sp³-hybridized carbons (Fsp3) is 0.846. The lowest BCUT2D eigenvalue weighted by atomic mass is 10.0. The first-order chi connectivity index (χ1) is 8.45. The van der Waals surface area contributed by atoms with E-state index in [1.54, 1.807) is 0 Å². The van der Waals surface area contributed by atoms with Crippen molar-refractivity contribution in [2.45, 2.75) is 52.5 Å². The second kappa shape index (κ2) is 12.5. The minimum absolute atomic E-state index is 0. The molecule has 0 amide bonds. The van der Waals surface area contributed by atoms with Gasteiger partial charge in [0.15, 0.2) is 5.96 Å². The first-order valence-electron chi connectivity index (χ1n) is 6.59. The number of rotatable bonds is 8. The van der Waals surface area contributed by atoms with Gasteiger partial charge in [-0.2, -0.15) is 0 Å². The van der Waals surface area contributed by atoms with Gasteiger partial charge in [-0.15, -0.1) is 24.0 Å². The van der Waals surface area contributed by atoms with Crippen LogP contribution in [0.1, 0.15) is 46.5 Å². The van der Waals surface area contributed by atoms with Crippen LogP contribution in [0, 0.1) is 5.92 Å². The van der Waals surface area contributed by atoms with Crippen molar-refractivity contribution in [1.82, 2.24) is 5.32 Å². The smallest absolute Gasteiger partial charge is 0.307 e. The van der Waals surface area contributed by atoms with Crippen molar-refractivity contribution in [3.8, 4) is 0 Å². The Morgan fingerprint density at radius 3 is 2.47 bits per heavy atom. The molecule has 0 aromatic heterocycles. The molecule has 0 spiro atoms. The monoisotopic (exact) mass is 385 g/mol. The molecule has 1 unspecified atom stereocenters. The molecular formula is C13H28IN3O2. The Balaban J connectivity index is 0. The van der Waals surface area contributed by atoms with E-state index in [9.17, 15) is 4.79 Å². The summed E-state index contributed by atoms with van der Waals surface area (Å²) in [6.07, 6.45) is 3.75. The number of ether oxygens (including phenoxy) is 1. The van der Waals surface area contributed by atoms with Crippen LogP contribution in [-0.2, 0) is 9.53 Å². The van der Waals surface area contributed by atoms with Gasteiger partial charge in [0.1, 0.15) is 0 Å². The number of hydrogen-bond acceptors (Lipinski definition) is 3. The van der Waals surface area contributed by atoms with Crippen LogP contribution in [0.15, 0.2) is 4.99 Å². The molecule has 0 radical (unpaired) electrons. The number of nitrogens with one attached hydrogen (secondary N) is 1. The standard InChI is InChI=1S/C13H27N3O2.HI/c1-10(2)6-5-7-11(3)16-13(14)15-9-8-12(17)18-4;/h10-11H,5-9H2,1-4H3,(H3,14,15,16);1H. The summed E-state index contributed by atoms with van der Waals surface area (Å²) in [5.41, 5.74) is 5.72. The summed E-state index contributed by atoms with van der Waals surface area (Å²) in [6.45, 7) is 6.90. The van der Waals surface area contributed by atoms with Gasteiger partial charge in [0.2, 0.25) is 0 Å². The van der Waals surface area contributed by atoms with Crippen LogP contribution in [0.4, 0.5) is 0 Å². The predicted molar refractivity (Wildman–Crippen MR) is 89.8 cm³/mol. The maximum atomic E-state index is 10.9. The molecule has 0 fully saturated rings. The third-order valence-electron chi connectivity index (χ3n) is 2.64. The van der Waals surface area contributed by atoms with Crippen LogP contribution in [0.25, 0.3) is 0 Å². The number of carbonyl (C=O) groups excluding carboxylic acids is 1. The molecule has 0 aliphatic rings. The second-order valence-electron chi connectivity index (χ2n) is 4.96. The average Bonchev–Trinajstić information content (AvgIpc) is 2.28. The van der Waals surface area contributed by atoms with Crippen molar-refractivity contribution >= 4 is 35.9 Å². The molecule has 0 rings (SSSR count). The molecule has 0 heterocycles. The first-order valence-corrected chi connectivity index (χ1v) is 6.59. The summed E-state index contributed by atoms with van der Waals surface area (Å²) >= 11 is 0. The first kappa shape index (κ1) is 20.8. The van der Waals surface area contributed by atoms with Gasteiger partial charge in [0, 0.05) is 6.04 Å². The number of nitrogens with zero attached hydrogens (tertiary/aromatic N) is 1. The number of aliphatic imine (C=N–C) groups is 1. The topological polar surface area (TPSA) is 76.7 Å². The number of esters is 1. The maximum absolute atomic E-state index is 10.9. The van der Waals surface area contributed by atoms with E-state index >= 15 is 0 Å². The SMILES string of the molecule is COC(=O)CCN=C(N)NC(C)CCCC(C)C.I. The van der Waals surface area contributed by atoms with Gasteiger partial charge in [-0.05, 0) is 19.3 Å². The Kier molecular flexibility index (Phi) is 13.7. The maximum Gasteiger partial charge on any atom is 0.307 e. The molecule has 0 saturated heterocycles. The molecule has 0 saturated carbocycles. The highest BCUT2D eigenvalue weighted by molar-refractivity contribution is 14.0. The molecule has 6 heteroatoms. The van der Waals surface area contributed by atoms with Crippen molar-refractivity contribution in [2.75, 3.05) is 13.7 Å². The van der Waals surface area contributed by atoms with E-state index in [-0.39, 0.29) is 36.4 Å². The van der Waals surface area contributed by atoms with Crippen molar-refractivity contribution < 1.29 is 9.53 Å². The molecule has 0 aliphatic carbocycles. The third kappa shape index (κ3) is 13.7. The number of halogens is 1. The van der Waals surface area contributed by atoms with E-state index < -0.39 is 0 Å².